The largest absolute Gasteiger partial charge is 0.497 e. The Morgan fingerprint density at radius 2 is 1.51 bits per heavy atom. The number of carbonyl (C=O) groups excluding carboxylic acids is 2. The molecule has 0 unspecified atom stereocenters. The number of rotatable bonds is 6. The van der Waals surface area contributed by atoms with Crippen molar-refractivity contribution in [3.05, 3.63) is 77.9 Å². The summed E-state index contributed by atoms with van der Waals surface area (Å²) in [6.07, 6.45) is 0.699. The SMILES string of the molecule is COc1ccc(C(=O)NNC(=O)c2cccc(NS(=O)(=O)c3ccc4c(c3)OCCCO4)c2)cc1. The van der Waals surface area contributed by atoms with Crippen LogP contribution in [0.25, 0.3) is 0 Å². The number of hydrogen-bond acceptors (Lipinski definition) is 7. The molecule has 3 aromatic carbocycles. The van der Waals surface area contributed by atoms with E-state index in [1.54, 1.807) is 30.3 Å². The second-order valence-electron chi connectivity index (χ2n) is 7.48. The third-order valence-corrected chi connectivity index (χ3v) is 6.43. The summed E-state index contributed by atoms with van der Waals surface area (Å²) in [5, 5.41) is 0. The Kier molecular flexibility index (Phi) is 7.06. The Bertz CT molecular complexity index is 1340. The molecule has 1 aliphatic heterocycles. The van der Waals surface area contributed by atoms with Gasteiger partial charge in [0, 0.05) is 29.3 Å². The van der Waals surface area contributed by atoms with Crippen molar-refractivity contribution in [1.82, 2.24) is 10.9 Å². The van der Waals surface area contributed by atoms with Crippen LogP contribution in [0, 0.1) is 0 Å². The van der Waals surface area contributed by atoms with Crippen molar-refractivity contribution in [3.63, 3.8) is 0 Å². The number of benzene rings is 3. The Labute approximate surface area is 202 Å². The second-order valence-corrected chi connectivity index (χ2v) is 9.16. The Hall–Kier alpha value is -4.25. The van der Waals surface area contributed by atoms with Gasteiger partial charge >= 0.3 is 0 Å². The molecule has 1 heterocycles. The number of hydrazine groups is 1. The Balaban J connectivity index is 1.42. The monoisotopic (exact) mass is 497 g/mol. The number of amides is 2. The number of sulfonamides is 1. The minimum Gasteiger partial charge on any atom is -0.497 e. The van der Waals surface area contributed by atoms with E-state index in [4.69, 9.17) is 14.2 Å². The highest BCUT2D eigenvalue weighted by Gasteiger charge is 2.19. The van der Waals surface area contributed by atoms with Crippen LogP contribution in [0.3, 0.4) is 0 Å². The van der Waals surface area contributed by atoms with Gasteiger partial charge in [0.25, 0.3) is 21.8 Å². The van der Waals surface area contributed by atoms with Crippen molar-refractivity contribution in [2.75, 3.05) is 25.0 Å². The molecule has 3 N–H and O–H groups in total. The van der Waals surface area contributed by atoms with E-state index in [1.807, 2.05) is 0 Å². The average Bonchev–Trinajstić information content (AvgIpc) is 3.12. The van der Waals surface area contributed by atoms with Crippen molar-refractivity contribution in [2.45, 2.75) is 11.3 Å². The normalized spacial score (nSPS) is 12.7. The first-order valence-electron chi connectivity index (χ1n) is 10.6. The molecule has 0 saturated heterocycles. The van der Waals surface area contributed by atoms with Crippen molar-refractivity contribution < 1.29 is 32.2 Å². The number of methoxy groups -OCH3 is 1. The molecule has 0 spiro atoms. The van der Waals surface area contributed by atoms with Crippen LogP contribution in [-0.2, 0) is 10.0 Å². The highest BCUT2D eigenvalue weighted by Crippen LogP contribution is 2.32. The molecule has 182 valence electrons. The number of carbonyl (C=O) groups is 2. The minimum absolute atomic E-state index is 0.0108. The molecule has 0 fully saturated rings. The van der Waals surface area contributed by atoms with Gasteiger partial charge in [-0.2, -0.15) is 0 Å². The predicted octanol–water partition coefficient (Wildman–Crippen LogP) is 2.73. The van der Waals surface area contributed by atoms with Crippen LogP contribution in [0.1, 0.15) is 27.1 Å². The molecule has 4 rings (SSSR count). The van der Waals surface area contributed by atoms with Crippen LogP contribution in [0.4, 0.5) is 5.69 Å². The molecule has 0 radical (unpaired) electrons. The van der Waals surface area contributed by atoms with E-state index in [9.17, 15) is 18.0 Å². The van der Waals surface area contributed by atoms with Crippen molar-refractivity contribution >= 4 is 27.5 Å². The van der Waals surface area contributed by atoms with Crippen LogP contribution >= 0.6 is 0 Å². The van der Waals surface area contributed by atoms with Crippen LogP contribution in [0.2, 0.25) is 0 Å². The van der Waals surface area contributed by atoms with Gasteiger partial charge in [-0.1, -0.05) is 6.07 Å². The first-order valence-corrected chi connectivity index (χ1v) is 12.1. The smallest absolute Gasteiger partial charge is 0.269 e. The summed E-state index contributed by atoms with van der Waals surface area (Å²) in [7, 11) is -2.45. The molecular weight excluding hydrogens is 474 g/mol. The highest BCUT2D eigenvalue weighted by atomic mass is 32.2. The zero-order chi connectivity index (χ0) is 24.8. The molecule has 1 aliphatic rings. The van der Waals surface area contributed by atoms with Gasteiger partial charge in [-0.15, -0.1) is 0 Å². The summed E-state index contributed by atoms with van der Waals surface area (Å²) < 4.78 is 44.4. The van der Waals surface area contributed by atoms with E-state index in [1.165, 1.54) is 43.5 Å². The van der Waals surface area contributed by atoms with Crippen LogP contribution < -0.4 is 29.8 Å². The molecule has 0 saturated carbocycles. The van der Waals surface area contributed by atoms with Crippen LogP contribution in [-0.4, -0.2) is 40.6 Å². The fourth-order valence-electron chi connectivity index (χ4n) is 3.25. The van der Waals surface area contributed by atoms with Gasteiger partial charge in [-0.05, 0) is 54.6 Å². The van der Waals surface area contributed by atoms with E-state index >= 15 is 0 Å². The Morgan fingerprint density at radius 1 is 0.829 bits per heavy atom. The molecule has 0 aromatic heterocycles. The molecule has 35 heavy (non-hydrogen) atoms. The van der Waals surface area contributed by atoms with Crippen LogP contribution in [0.15, 0.2) is 71.6 Å². The summed E-state index contributed by atoms with van der Waals surface area (Å²) in [5.41, 5.74) is 5.26. The standard InChI is InChI=1S/C24H23N3O7S/c1-32-19-8-6-16(7-9-19)23(28)25-26-24(29)17-4-2-5-18(14-17)27-35(30,31)20-10-11-21-22(15-20)34-13-3-12-33-21/h2,4-11,14-15,27H,3,12-13H2,1H3,(H,25,28)(H,26,29). The molecule has 2 amide bonds. The van der Waals surface area contributed by atoms with E-state index in [-0.39, 0.29) is 16.1 Å². The van der Waals surface area contributed by atoms with E-state index in [0.717, 1.165) is 0 Å². The molecule has 0 aliphatic carbocycles. The second kappa shape index (κ2) is 10.3. The average molecular weight is 498 g/mol. The fourth-order valence-corrected chi connectivity index (χ4v) is 4.31. The predicted molar refractivity (Wildman–Crippen MR) is 127 cm³/mol. The summed E-state index contributed by atoms with van der Waals surface area (Å²) >= 11 is 0. The fraction of sp³-hybridized carbons (Fsp3) is 0.167. The van der Waals surface area contributed by atoms with Gasteiger partial charge in [0.05, 0.1) is 25.2 Å². The topological polar surface area (TPSA) is 132 Å². The van der Waals surface area contributed by atoms with Crippen LogP contribution in [0.5, 0.6) is 17.2 Å². The molecule has 11 heteroatoms. The number of fused-ring (bicyclic) bond motifs is 1. The summed E-state index contributed by atoms with van der Waals surface area (Å²) in [5.74, 6) is 0.287. The lowest BCUT2D eigenvalue weighted by atomic mass is 10.2. The molecular formula is C24H23N3O7S. The van der Waals surface area contributed by atoms with Gasteiger partial charge < -0.3 is 14.2 Å². The lowest BCUT2D eigenvalue weighted by Crippen LogP contribution is -2.41. The van der Waals surface area contributed by atoms with Crippen molar-refractivity contribution in [2.24, 2.45) is 0 Å². The molecule has 10 nitrogen and oxygen atoms in total. The van der Waals surface area contributed by atoms with Gasteiger partial charge in [-0.3, -0.25) is 25.2 Å². The number of anilines is 1. The van der Waals surface area contributed by atoms with Gasteiger partial charge in [-0.25, -0.2) is 8.42 Å². The zero-order valence-electron chi connectivity index (χ0n) is 18.7. The molecule has 0 atom stereocenters. The van der Waals surface area contributed by atoms with Gasteiger partial charge in [0.15, 0.2) is 11.5 Å². The van der Waals surface area contributed by atoms with Crippen molar-refractivity contribution in [3.8, 4) is 17.2 Å². The summed E-state index contributed by atoms with van der Waals surface area (Å²) in [6.45, 7) is 0.919. The molecule has 3 aromatic rings. The first kappa shape index (κ1) is 23.9. The maximum Gasteiger partial charge on any atom is 0.269 e. The minimum atomic E-state index is -3.97. The summed E-state index contributed by atoms with van der Waals surface area (Å²) in [6, 6.07) is 16.6. The number of ether oxygens (including phenoxy) is 3. The van der Waals surface area contributed by atoms with Crippen molar-refractivity contribution in [1.29, 1.82) is 0 Å². The zero-order valence-corrected chi connectivity index (χ0v) is 19.6. The lowest BCUT2D eigenvalue weighted by molar-refractivity contribution is 0.0846. The third-order valence-electron chi connectivity index (χ3n) is 5.05. The Morgan fingerprint density at radius 3 is 2.23 bits per heavy atom. The summed E-state index contributed by atoms with van der Waals surface area (Å²) in [4.78, 5) is 24.7. The highest BCUT2D eigenvalue weighted by molar-refractivity contribution is 7.92. The van der Waals surface area contributed by atoms with E-state index < -0.39 is 21.8 Å². The maximum atomic E-state index is 12.9. The molecule has 0 bridgehead atoms. The lowest BCUT2D eigenvalue weighted by Gasteiger charge is -2.12. The maximum absolute atomic E-state index is 12.9. The quantitative estimate of drug-likeness (QED) is 0.446. The third kappa shape index (κ3) is 5.82. The van der Waals surface area contributed by atoms with E-state index in [0.29, 0.717) is 42.4 Å². The number of nitrogens with one attached hydrogen (secondary N) is 3. The van der Waals surface area contributed by atoms with Gasteiger partial charge in [0.1, 0.15) is 5.75 Å². The number of hydrogen-bond donors (Lipinski definition) is 3. The first-order chi connectivity index (χ1) is 16.9. The van der Waals surface area contributed by atoms with Gasteiger partial charge in [0.2, 0.25) is 0 Å². The van der Waals surface area contributed by atoms with E-state index in [2.05, 4.69) is 15.6 Å².